The highest BCUT2D eigenvalue weighted by Crippen LogP contribution is 2.42. The second-order valence-electron chi connectivity index (χ2n) is 8.55. The van der Waals surface area contributed by atoms with Gasteiger partial charge in [-0.25, -0.2) is 32.8 Å². The third-order valence-electron chi connectivity index (χ3n) is 4.94. The van der Waals surface area contributed by atoms with Gasteiger partial charge in [-0.05, 0) is 30.3 Å². The van der Waals surface area contributed by atoms with Crippen LogP contribution in [-0.4, -0.2) is 26.6 Å². The fourth-order valence-corrected chi connectivity index (χ4v) is 5.26. The molecule has 0 aliphatic heterocycles. The Balaban J connectivity index is 1.81. The molecular formula is C24H22F3N5OS2. The molecule has 6 nitrogen and oxygen atoms in total. The Morgan fingerprint density at radius 1 is 0.971 bits per heavy atom. The van der Waals surface area contributed by atoms with Gasteiger partial charge in [0.15, 0.2) is 17.5 Å². The molecule has 182 valence electrons. The van der Waals surface area contributed by atoms with E-state index in [-0.39, 0.29) is 16.7 Å². The summed E-state index contributed by atoms with van der Waals surface area (Å²) in [5.74, 6) is -2.34. The Morgan fingerprint density at radius 3 is 2.31 bits per heavy atom. The topological polar surface area (TPSA) is 85.8 Å². The molecule has 0 fully saturated rings. The summed E-state index contributed by atoms with van der Waals surface area (Å²) in [7, 11) is 1.70. The monoisotopic (exact) mass is 517 g/mol. The molecule has 0 radical (unpaired) electrons. The van der Waals surface area contributed by atoms with E-state index < -0.39 is 33.7 Å². The Hall–Kier alpha value is -3.15. The predicted octanol–water partition coefficient (Wildman–Crippen LogP) is 6.16. The zero-order valence-corrected chi connectivity index (χ0v) is 21.0. The van der Waals surface area contributed by atoms with E-state index >= 15 is 4.39 Å². The molecule has 0 spiro atoms. The van der Waals surface area contributed by atoms with Gasteiger partial charge in [0.2, 0.25) is 5.95 Å². The van der Waals surface area contributed by atoms with E-state index in [1.165, 1.54) is 23.5 Å². The van der Waals surface area contributed by atoms with Gasteiger partial charge in [-0.2, -0.15) is 0 Å². The maximum absolute atomic E-state index is 15.7. The van der Waals surface area contributed by atoms with Crippen LogP contribution in [0.3, 0.4) is 0 Å². The zero-order valence-electron chi connectivity index (χ0n) is 19.3. The molecule has 2 heterocycles. The molecule has 0 amide bonds. The minimum absolute atomic E-state index is 0.132. The van der Waals surface area contributed by atoms with Crippen molar-refractivity contribution in [2.45, 2.75) is 31.1 Å². The van der Waals surface area contributed by atoms with E-state index in [9.17, 15) is 13.3 Å². The van der Waals surface area contributed by atoms with Crippen LogP contribution >= 0.6 is 11.3 Å². The van der Waals surface area contributed by atoms with Gasteiger partial charge in [-0.15, -0.1) is 11.3 Å². The lowest BCUT2D eigenvalue weighted by molar-refractivity contribution is 0.520. The first-order valence-electron chi connectivity index (χ1n) is 10.5. The fraction of sp³-hybridized carbons (Fsp3) is 0.208. The van der Waals surface area contributed by atoms with Crippen LogP contribution in [0.1, 0.15) is 25.8 Å². The molecule has 4 rings (SSSR count). The summed E-state index contributed by atoms with van der Waals surface area (Å²) in [5, 5.41) is 3.65. The van der Waals surface area contributed by atoms with Crippen LogP contribution in [0.5, 0.6) is 0 Å². The zero-order chi connectivity index (χ0) is 25.3. The Morgan fingerprint density at radius 2 is 1.66 bits per heavy atom. The van der Waals surface area contributed by atoms with E-state index in [1.807, 2.05) is 20.8 Å². The molecule has 1 unspecified atom stereocenters. The molecule has 0 aliphatic carbocycles. The van der Waals surface area contributed by atoms with Crippen LogP contribution in [-0.2, 0) is 16.8 Å². The van der Waals surface area contributed by atoms with Crippen LogP contribution in [0.4, 0.5) is 24.8 Å². The predicted molar refractivity (Wildman–Crippen MR) is 133 cm³/mol. The summed E-state index contributed by atoms with van der Waals surface area (Å²) in [6.45, 7) is 6.00. The van der Waals surface area contributed by atoms with E-state index in [2.05, 4.69) is 20.0 Å². The maximum Gasteiger partial charge on any atom is 0.250 e. The number of thiazole rings is 1. The maximum atomic E-state index is 15.7. The fourth-order valence-electron chi connectivity index (χ4n) is 3.21. The number of nitrogens with zero attached hydrogens (tertiary/aromatic N) is 3. The number of rotatable bonds is 6. The van der Waals surface area contributed by atoms with Gasteiger partial charge in [-0.3, -0.25) is 0 Å². The molecule has 1 atom stereocenters. The molecule has 0 bridgehead atoms. The first kappa shape index (κ1) is 25.0. The van der Waals surface area contributed by atoms with Crippen LogP contribution in [0.15, 0.2) is 53.6 Å². The quantitative estimate of drug-likeness (QED) is 0.298. The summed E-state index contributed by atoms with van der Waals surface area (Å²) >= 11 is -0.986. The Bertz CT molecular complexity index is 1350. The van der Waals surface area contributed by atoms with E-state index in [1.54, 1.807) is 25.4 Å². The van der Waals surface area contributed by atoms with Crippen LogP contribution in [0.25, 0.3) is 21.8 Å². The average Bonchev–Trinajstić information content (AvgIpc) is 3.26. The number of aromatic nitrogens is 3. The van der Waals surface area contributed by atoms with E-state index in [4.69, 9.17) is 4.98 Å². The minimum atomic E-state index is -2.37. The Kier molecular flexibility index (Phi) is 7.02. The summed E-state index contributed by atoms with van der Waals surface area (Å²) in [4.78, 5) is 13.3. The highest BCUT2D eigenvalue weighted by atomic mass is 32.2. The summed E-state index contributed by atoms with van der Waals surface area (Å²) in [6, 6.07) is 9.28. The molecule has 0 saturated heterocycles. The normalized spacial score (nSPS) is 12.5. The van der Waals surface area contributed by atoms with Crippen molar-refractivity contribution in [2.75, 3.05) is 17.1 Å². The number of anilines is 2. The van der Waals surface area contributed by atoms with Gasteiger partial charge in [0.1, 0.15) is 17.0 Å². The molecule has 2 aromatic carbocycles. The lowest BCUT2D eigenvalue weighted by Crippen LogP contribution is -2.17. The van der Waals surface area contributed by atoms with Gasteiger partial charge in [0, 0.05) is 24.2 Å². The molecule has 35 heavy (non-hydrogen) atoms. The van der Waals surface area contributed by atoms with Gasteiger partial charge in [0.25, 0.3) is 4.90 Å². The average molecular weight is 518 g/mol. The van der Waals surface area contributed by atoms with Crippen LogP contribution in [0, 0.1) is 17.5 Å². The van der Waals surface area contributed by atoms with Crippen molar-refractivity contribution in [2.24, 2.45) is 0 Å². The number of nitrogens with one attached hydrogen (secondary N) is 2. The van der Waals surface area contributed by atoms with Gasteiger partial charge in [0.05, 0.1) is 21.3 Å². The second kappa shape index (κ2) is 9.84. The molecule has 11 heteroatoms. The highest BCUT2D eigenvalue weighted by Gasteiger charge is 2.28. The van der Waals surface area contributed by atoms with Crippen molar-refractivity contribution in [3.05, 3.63) is 71.1 Å². The van der Waals surface area contributed by atoms with Gasteiger partial charge < -0.3 is 9.87 Å². The molecule has 2 aromatic heterocycles. The molecular weight excluding hydrogens is 495 g/mol. The summed E-state index contributed by atoms with van der Waals surface area (Å²) in [6.07, 6.45) is 1.59. The van der Waals surface area contributed by atoms with Crippen LogP contribution in [0.2, 0.25) is 0 Å². The van der Waals surface area contributed by atoms with Gasteiger partial charge >= 0.3 is 0 Å². The minimum Gasteiger partial charge on any atom is -0.588 e. The third kappa shape index (κ3) is 5.12. The van der Waals surface area contributed by atoms with Gasteiger partial charge in [-0.1, -0.05) is 32.9 Å². The number of hydrogen-bond acceptors (Lipinski definition) is 7. The van der Waals surface area contributed by atoms with Crippen molar-refractivity contribution in [3.63, 3.8) is 0 Å². The van der Waals surface area contributed by atoms with E-state index in [0.29, 0.717) is 22.2 Å². The molecule has 0 saturated carbocycles. The molecule has 0 aliphatic rings. The number of hydrogen-bond donors (Lipinski definition) is 2. The summed E-state index contributed by atoms with van der Waals surface area (Å²) in [5.41, 5.74) is 0.546. The standard InChI is InChI=1S/C24H22F3N5OS2/c1-24(2,3)22-31-19(20(34-22)17-11-12-29-23(28-4)30-17)13-7-5-10-16(18(13)27)32-35(33)21-14(25)8-6-9-15(21)26/h5-12,32H,1-4H3,(H,28,29,30). The number of benzene rings is 2. The largest absolute Gasteiger partial charge is 0.588 e. The van der Waals surface area contributed by atoms with Crippen molar-refractivity contribution in [1.29, 1.82) is 0 Å². The SMILES string of the molecule is CNc1nccc(-c2sc(C(C)(C)C)nc2-c2cccc(N[S+]([O-])c3c(F)cccc3F)c2F)n1. The van der Waals surface area contributed by atoms with E-state index in [0.717, 1.165) is 23.2 Å². The smallest absolute Gasteiger partial charge is 0.250 e. The molecule has 2 N–H and O–H groups in total. The second-order valence-corrected chi connectivity index (χ2v) is 10.7. The Labute approximate surface area is 208 Å². The first-order valence-corrected chi connectivity index (χ1v) is 12.5. The first-order chi connectivity index (χ1) is 16.6. The van der Waals surface area contributed by atoms with Crippen LogP contribution < -0.4 is 10.0 Å². The van der Waals surface area contributed by atoms with Crippen molar-refractivity contribution in [3.8, 4) is 21.8 Å². The lowest BCUT2D eigenvalue weighted by Gasteiger charge is -2.15. The summed E-state index contributed by atoms with van der Waals surface area (Å²) < 4.78 is 58.9. The highest BCUT2D eigenvalue weighted by molar-refractivity contribution is 7.92. The number of halogens is 3. The third-order valence-corrected chi connectivity index (χ3v) is 7.61. The molecule has 4 aromatic rings. The van der Waals surface area contributed by atoms with Crippen molar-refractivity contribution < 1.29 is 17.7 Å². The lowest BCUT2D eigenvalue weighted by atomic mass is 9.98. The van der Waals surface area contributed by atoms with Crippen molar-refractivity contribution in [1.82, 2.24) is 15.0 Å². The van der Waals surface area contributed by atoms with Crippen molar-refractivity contribution >= 4 is 34.3 Å².